The molecule has 1 N–H and O–H groups in total. The van der Waals surface area contributed by atoms with Gasteiger partial charge < -0.3 is 14.7 Å². The third kappa shape index (κ3) is 2.77. The molecule has 4 nitrogen and oxygen atoms in total. The first kappa shape index (κ1) is 11.9. The first-order valence-electron chi connectivity index (χ1n) is 5.84. The van der Waals surface area contributed by atoms with Gasteiger partial charge >= 0.3 is 6.09 Å². The molecule has 1 aromatic carbocycles. The van der Waals surface area contributed by atoms with E-state index in [9.17, 15) is 9.90 Å². The Morgan fingerprint density at radius 2 is 2.18 bits per heavy atom. The summed E-state index contributed by atoms with van der Waals surface area (Å²) in [6.45, 7) is 2.68. The Hall–Kier alpha value is -1.55. The molecule has 1 aromatic rings. The van der Waals surface area contributed by atoms with Crippen molar-refractivity contribution in [2.24, 2.45) is 0 Å². The lowest BCUT2D eigenvalue weighted by molar-refractivity contribution is 0.0768. The second-order valence-electron chi connectivity index (χ2n) is 4.33. The van der Waals surface area contributed by atoms with Gasteiger partial charge in [-0.3, -0.25) is 0 Å². The quantitative estimate of drug-likeness (QED) is 0.850. The third-order valence-corrected chi connectivity index (χ3v) is 3.15. The van der Waals surface area contributed by atoms with Gasteiger partial charge in [0.1, 0.15) is 6.61 Å². The highest BCUT2D eigenvalue weighted by atomic mass is 16.6. The molecule has 1 fully saturated rings. The van der Waals surface area contributed by atoms with Gasteiger partial charge in [-0.05, 0) is 18.9 Å². The van der Waals surface area contributed by atoms with Crippen molar-refractivity contribution in [2.45, 2.75) is 32.1 Å². The molecule has 0 bridgehead atoms. The highest BCUT2D eigenvalue weighted by Crippen LogP contribution is 2.18. The minimum absolute atomic E-state index is 0.154. The number of nitrogens with zero attached hydrogens (tertiary/aromatic N) is 1. The number of aliphatic hydroxyl groups excluding tert-OH is 1. The van der Waals surface area contributed by atoms with E-state index in [1.807, 2.05) is 37.3 Å². The van der Waals surface area contributed by atoms with Crippen LogP contribution >= 0.6 is 0 Å². The maximum absolute atomic E-state index is 11.8. The number of rotatable bonds is 2. The van der Waals surface area contributed by atoms with Crippen LogP contribution in [-0.2, 0) is 11.3 Å². The fourth-order valence-corrected chi connectivity index (χ4v) is 1.98. The Kier molecular flexibility index (Phi) is 3.64. The van der Waals surface area contributed by atoms with Crippen molar-refractivity contribution in [3.63, 3.8) is 0 Å². The van der Waals surface area contributed by atoms with Gasteiger partial charge in [0.2, 0.25) is 0 Å². The molecule has 17 heavy (non-hydrogen) atoms. The molecular weight excluding hydrogens is 218 g/mol. The molecule has 1 aliphatic heterocycles. The zero-order chi connectivity index (χ0) is 12.3. The SMILES string of the molecule is CC1[C@@H](O)CCN1C(=O)OCc1ccccc1. The standard InChI is InChI=1S/C13H17NO3/c1-10-12(15)7-8-14(10)13(16)17-9-11-5-3-2-4-6-11/h2-6,10,12,15H,7-9H2,1H3/t10?,12-/m0/s1. The lowest BCUT2D eigenvalue weighted by Crippen LogP contribution is -2.37. The molecular formula is C13H17NO3. The van der Waals surface area contributed by atoms with Gasteiger partial charge in [-0.25, -0.2) is 4.79 Å². The fourth-order valence-electron chi connectivity index (χ4n) is 1.98. The first-order chi connectivity index (χ1) is 8.18. The summed E-state index contributed by atoms with van der Waals surface area (Å²) in [6, 6.07) is 9.41. The number of benzene rings is 1. The van der Waals surface area contributed by atoms with Crippen LogP contribution in [0.2, 0.25) is 0 Å². The number of carbonyl (C=O) groups is 1. The molecule has 2 rings (SSSR count). The van der Waals surface area contributed by atoms with Crippen LogP contribution in [0.15, 0.2) is 30.3 Å². The van der Waals surface area contributed by atoms with E-state index in [0.29, 0.717) is 13.0 Å². The fraction of sp³-hybridized carbons (Fsp3) is 0.462. The zero-order valence-electron chi connectivity index (χ0n) is 9.87. The summed E-state index contributed by atoms with van der Waals surface area (Å²) in [5.74, 6) is 0. The van der Waals surface area contributed by atoms with Gasteiger partial charge in [0.05, 0.1) is 12.1 Å². The average molecular weight is 235 g/mol. The van der Waals surface area contributed by atoms with Crippen molar-refractivity contribution < 1.29 is 14.6 Å². The van der Waals surface area contributed by atoms with Crippen LogP contribution in [0.25, 0.3) is 0 Å². The Morgan fingerprint density at radius 1 is 1.47 bits per heavy atom. The van der Waals surface area contributed by atoms with Crippen LogP contribution in [0.3, 0.4) is 0 Å². The Balaban J connectivity index is 1.86. The maximum atomic E-state index is 11.8. The molecule has 0 radical (unpaired) electrons. The van der Waals surface area contributed by atoms with Crippen molar-refractivity contribution in [1.29, 1.82) is 0 Å². The van der Waals surface area contributed by atoms with Crippen molar-refractivity contribution in [2.75, 3.05) is 6.54 Å². The summed E-state index contributed by atoms with van der Waals surface area (Å²) >= 11 is 0. The van der Waals surface area contributed by atoms with Gasteiger partial charge in [-0.1, -0.05) is 30.3 Å². The van der Waals surface area contributed by atoms with Crippen molar-refractivity contribution >= 4 is 6.09 Å². The number of hydrogen-bond acceptors (Lipinski definition) is 3. The highest BCUT2D eigenvalue weighted by molar-refractivity contribution is 5.68. The summed E-state index contributed by atoms with van der Waals surface area (Å²) in [6.07, 6.45) is -0.154. The molecule has 1 aliphatic rings. The normalized spacial score (nSPS) is 23.8. The number of amides is 1. The van der Waals surface area contributed by atoms with Gasteiger partial charge in [0.15, 0.2) is 0 Å². The second-order valence-corrected chi connectivity index (χ2v) is 4.33. The molecule has 0 aliphatic carbocycles. The largest absolute Gasteiger partial charge is 0.445 e. The summed E-state index contributed by atoms with van der Waals surface area (Å²) < 4.78 is 5.21. The summed E-state index contributed by atoms with van der Waals surface area (Å²) in [7, 11) is 0. The Bertz CT molecular complexity index is 380. The zero-order valence-corrected chi connectivity index (χ0v) is 9.87. The van der Waals surface area contributed by atoms with Crippen molar-refractivity contribution in [1.82, 2.24) is 4.90 Å². The second kappa shape index (κ2) is 5.19. The molecule has 2 atom stereocenters. The van der Waals surface area contributed by atoms with E-state index in [4.69, 9.17) is 4.74 Å². The number of ether oxygens (including phenoxy) is 1. The molecule has 1 amide bonds. The minimum atomic E-state index is -0.431. The van der Waals surface area contributed by atoms with Crippen LogP contribution in [0.1, 0.15) is 18.9 Å². The maximum Gasteiger partial charge on any atom is 0.410 e. The van der Waals surface area contributed by atoms with E-state index >= 15 is 0 Å². The predicted molar refractivity (Wildman–Crippen MR) is 63.4 cm³/mol. The third-order valence-electron chi connectivity index (χ3n) is 3.15. The van der Waals surface area contributed by atoms with E-state index in [2.05, 4.69) is 0 Å². The van der Waals surface area contributed by atoms with Gasteiger partial charge in [0, 0.05) is 6.54 Å². The van der Waals surface area contributed by atoms with Gasteiger partial charge in [-0.2, -0.15) is 0 Å². The van der Waals surface area contributed by atoms with E-state index in [1.54, 1.807) is 4.90 Å². The molecule has 0 saturated carbocycles. The first-order valence-corrected chi connectivity index (χ1v) is 5.84. The average Bonchev–Trinajstić information content (AvgIpc) is 2.69. The molecule has 1 heterocycles. The smallest absolute Gasteiger partial charge is 0.410 e. The van der Waals surface area contributed by atoms with Crippen LogP contribution in [-0.4, -0.2) is 34.8 Å². The molecule has 92 valence electrons. The minimum Gasteiger partial charge on any atom is -0.445 e. The Labute approximate surface area is 101 Å². The molecule has 0 spiro atoms. The number of aliphatic hydroxyl groups is 1. The predicted octanol–water partition coefficient (Wildman–Crippen LogP) is 1.78. The van der Waals surface area contributed by atoms with Gasteiger partial charge in [-0.15, -0.1) is 0 Å². The molecule has 1 saturated heterocycles. The lowest BCUT2D eigenvalue weighted by Gasteiger charge is -2.21. The van der Waals surface area contributed by atoms with E-state index in [1.165, 1.54) is 0 Å². The van der Waals surface area contributed by atoms with Crippen LogP contribution in [0.5, 0.6) is 0 Å². The van der Waals surface area contributed by atoms with Crippen molar-refractivity contribution in [3.05, 3.63) is 35.9 Å². The van der Waals surface area contributed by atoms with Crippen LogP contribution < -0.4 is 0 Å². The Morgan fingerprint density at radius 3 is 2.76 bits per heavy atom. The topological polar surface area (TPSA) is 49.8 Å². The van der Waals surface area contributed by atoms with Crippen LogP contribution in [0.4, 0.5) is 4.79 Å². The molecule has 4 heteroatoms. The number of carbonyl (C=O) groups excluding carboxylic acids is 1. The molecule has 1 unspecified atom stereocenters. The number of hydrogen-bond donors (Lipinski definition) is 1. The summed E-state index contributed by atoms with van der Waals surface area (Å²) in [5.41, 5.74) is 0.966. The summed E-state index contributed by atoms with van der Waals surface area (Å²) in [5, 5.41) is 9.55. The van der Waals surface area contributed by atoms with E-state index in [-0.39, 0.29) is 18.7 Å². The highest BCUT2D eigenvalue weighted by Gasteiger charge is 2.33. The van der Waals surface area contributed by atoms with Gasteiger partial charge in [0.25, 0.3) is 0 Å². The lowest BCUT2D eigenvalue weighted by atomic mass is 10.2. The van der Waals surface area contributed by atoms with E-state index < -0.39 is 6.10 Å². The molecule has 0 aromatic heterocycles. The summed E-state index contributed by atoms with van der Waals surface area (Å²) in [4.78, 5) is 13.3. The van der Waals surface area contributed by atoms with Crippen LogP contribution in [0, 0.1) is 0 Å². The van der Waals surface area contributed by atoms with E-state index in [0.717, 1.165) is 5.56 Å². The monoisotopic (exact) mass is 235 g/mol. The number of likely N-dealkylation sites (tertiary alicyclic amines) is 1. The van der Waals surface area contributed by atoms with Crippen molar-refractivity contribution in [3.8, 4) is 0 Å².